The molecule has 2 amide bonds. The summed E-state index contributed by atoms with van der Waals surface area (Å²) >= 11 is 0.683. The molecule has 2 aromatic heterocycles. The molecule has 2 atom stereocenters. The molecule has 1 aromatic carbocycles. The molecule has 5 heterocycles. The molecule has 1 spiro atoms. The van der Waals surface area contributed by atoms with Gasteiger partial charge >= 0.3 is 12.3 Å². The lowest BCUT2D eigenvalue weighted by atomic mass is 10.1. The van der Waals surface area contributed by atoms with Crippen molar-refractivity contribution in [2.24, 2.45) is 0 Å². The normalized spacial score (nSPS) is 23.7. The SMILES string of the molecule is CC(C)(C)OC(=O)N1C[C@H]2C[C@@H]1CN2c1ccc(Nc2ncc(C(F)(F)F)c(-c3cc4c(s3)C(=O)NC3(CC3)CS4(=O)=O)n2)c(C2CC2)c1. The number of likely N-dealkylation sites (tertiary alicyclic amines) is 1. The van der Waals surface area contributed by atoms with Crippen molar-refractivity contribution in [3.8, 4) is 10.6 Å². The molecule has 2 bridgehead atoms. The highest BCUT2D eigenvalue weighted by Gasteiger charge is 2.52. The minimum atomic E-state index is -4.83. The number of amides is 2. The first-order valence-electron chi connectivity index (χ1n) is 16.3. The van der Waals surface area contributed by atoms with Crippen LogP contribution in [0.15, 0.2) is 35.4 Å². The van der Waals surface area contributed by atoms with Crippen molar-refractivity contribution in [2.45, 2.75) is 93.1 Å². The zero-order valence-corrected chi connectivity index (χ0v) is 28.7. The largest absolute Gasteiger partial charge is 0.444 e. The number of benzene rings is 1. The van der Waals surface area contributed by atoms with E-state index in [1.165, 1.54) is 0 Å². The fourth-order valence-corrected chi connectivity index (χ4v) is 10.6. The number of aromatic nitrogens is 2. The maximum atomic E-state index is 14.2. The van der Waals surface area contributed by atoms with Crippen LogP contribution < -0.4 is 15.5 Å². The number of thiophene rings is 1. The maximum Gasteiger partial charge on any atom is 0.420 e. The number of carbonyl (C=O) groups is 2. The van der Waals surface area contributed by atoms with Gasteiger partial charge in [0.1, 0.15) is 16.0 Å². The first-order chi connectivity index (χ1) is 23.0. The van der Waals surface area contributed by atoms with E-state index in [0.717, 1.165) is 36.6 Å². The molecule has 5 aliphatic rings. The van der Waals surface area contributed by atoms with Gasteiger partial charge in [-0.1, -0.05) is 0 Å². The monoisotopic (exact) mass is 716 g/mol. The molecule has 0 radical (unpaired) electrons. The molecule has 49 heavy (non-hydrogen) atoms. The zero-order valence-electron chi connectivity index (χ0n) is 27.1. The number of anilines is 3. The van der Waals surface area contributed by atoms with Gasteiger partial charge in [0.05, 0.1) is 32.8 Å². The summed E-state index contributed by atoms with van der Waals surface area (Å²) < 4.78 is 74.7. The first-order valence-corrected chi connectivity index (χ1v) is 18.8. The molecule has 0 unspecified atom stereocenters. The Kier molecular flexibility index (Phi) is 7.11. The van der Waals surface area contributed by atoms with E-state index in [-0.39, 0.29) is 50.4 Å². The van der Waals surface area contributed by atoms with E-state index in [1.54, 1.807) is 4.90 Å². The maximum absolute atomic E-state index is 14.2. The van der Waals surface area contributed by atoms with Crippen molar-refractivity contribution < 1.29 is 35.9 Å². The lowest BCUT2D eigenvalue weighted by molar-refractivity contribution is -0.137. The van der Waals surface area contributed by atoms with Gasteiger partial charge in [0.15, 0.2) is 9.84 Å². The van der Waals surface area contributed by atoms with Gasteiger partial charge in [-0.2, -0.15) is 13.2 Å². The number of rotatable bonds is 5. The highest BCUT2D eigenvalue weighted by Crippen LogP contribution is 2.48. The van der Waals surface area contributed by atoms with Crippen molar-refractivity contribution in [1.29, 1.82) is 0 Å². The Morgan fingerprint density at radius 2 is 1.88 bits per heavy atom. The summed E-state index contributed by atoms with van der Waals surface area (Å²) in [4.78, 5) is 37.6. The smallest absolute Gasteiger partial charge is 0.420 e. The summed E-state index contributed by atoms with van der Waals surface area (Å²) in [6, 6.07) is 7.24. The van der Waals surface area contributed by atoms with Crippen LogP contribution in [0.25, 0.3) is 10.6 Å². The van der Waals surface area contributed by atoms with E-state index in [1.807, 2.05) is 32.9 Å². The van der Waals surface area contributed by atoms with E-state index in [2.05, 4.69) is 31.6 Å². The third-order valence-corrected chi connectivity index (χ3v) is 13.0. The van der Waals surface area contributed by atoms with Gasteiger partial charge in [0, 0.05) is 36.7 Å². The van der Waals surface area contributed by atoms with Crippen LogP contribution in [0.5, 0.6) is 0 Å². The van der Waals surface area contributed by atoms with Crippen LogP contribution in [0.2, 0.25) is 0 Å². The van der Waals surface area contributed by atoms with Crippen molar-refractivity contribution in [2.75, 3.05) is 29.1 Å². The standard InChI is InChI=1S/C33H35F3N6O5S2/c1-31(2,3)47-30(44)42-15-19-10-20(42)14-41(19)18-6-7-23(21(11-18)17-4-5-17)38-29-37-13-22(33(34,35)36)26(39-29)24-12-25-27(48-24)28(43)40-32(8-9-32)16-49(25,45)46/h6-7,11-13,17,19-20H,4-5,8-10,14-16H2,1-3H3,(H,40,43)(H,37,38,39)/t19-,20-/m1/s1. The number of nitrogens with zero attached hydrogens (tertiary/aromatic N) is 4. The molecule has 16 heteroatoms. The van der Waals surface area contributed by atoms with Gasteiger partial charge in [0.25, 0.3) is 5.91 Å². The minimum absolute atomic E-state index is 0.0455. The third-order valence-electron chi connectivity index (χ3n) is 9.76. The van der Waals surface area contributed by atoms with Gasteiger partial charge in [-0.3, -0.25) is 4.79 Å². The molecular formula is C33H35F3N6O5S2. The summed E-state index contributed by atoms with van der Waals surface area (Å²) in [5.74, 6) is -0.721. The Morgan fingerprint density at radius 3 is 2.51 bits per heavy atom. The van der Waals surface area contributed by atoms with Gasteiger partial charge in [-0.25, -0.2) is 23.2 Å². The second kappa shape index (κ2) is 10.8. The number of sulfone groups is 1. The summed E-state index contributed by atoms with van der Waals surface area (Å²) in [5, 5.41) is 5.89. The molecule has 2 N–H and O–H groups in total. The second-order valence-electron chi connectivity index (χ2n) is 14.8. The third kappa shape index (κ3) is 6.00. The van der Waals surface area contributed by atoms with Gasteiger partial charge < -0.3 is 25.2 Å². The van der Waals surface area contributed by atoms with E-state index >= 15 is 0 Å². The van der Waals surface area contributed by atoms with Crippen molar-refractivity contribution in [3.05, 3.63) is 46.5 Å². The lowest BCUT2D eigenvalue weighted by Crippen LogP contribution is -2.50. The zero-order chi connectivity index (χ0) is 34.7. The lowest BCUT2D eigenvalue weighted by Gasteiger charge is -2.36. The van der Waals surface area contributed by atoms with Crippen LogP contribution in [0.1, 0.15) is 79.6 Å². The summed E-state index contributed by atoms with van der Waals surface area (Å²) in [5.41, 5.74) is -0.346. The van der Waals surface area contributed by atoms with Crippen LogP contribution in [-0.2, 0) is 20.8 Å². The number of hydrogen-bond acceptors (Lipinski definition) is 10. The van der Waals surface area contributed by atoms with E-state index in [4.69, 9.17) is 4.74 Å². The molecule has 4 fully saturated rings. The molecule has 2 saturated heterocycles. The molecule has 2 saturated carbocycles. The van der Waals surface area contributed by atoms with Crippen LogP contribution in [0.3, 0.4) is 0 Å². The van der Waals surface area contributed by atoms with Gasteiger partial charge in [0.2, 0.25) is 5.95 Å². The highest BCUT2D eigenvalue weighted by molar-refractivity contribution is 7.91. The Morgan fingerprint density at radius 1 is 1.12 bits per heavy atom. The molecule has 3 aliphatic heterocycles. The molecular weight excluding hydrogens is 682 g/mol. The van der Waals surface area contributed by atoms with Crippen molar-refractivity contribution >= 4 is 50.5 Å². The van der Waals surface area contributed by atoms with Gasteiger partial charge in [-0.15, -0.1) is 11.3 Å². The van der Waals surface area contributed by atoms with Crippen LogP contribution >= 0.6 is 11.3 Å². The molecule has 260 valence electrons. The fourth-order valence-electron chi connectivity index (χ4n) is 7.14. The van der Waals surface area contributed by atoms with Crippen LogP contribution in [-0.4, -0.2) is 77.4 Å². The number of hydrogen-bond donors (Lipinski definition) is 2. The Labute approximate surface area is 285 Å². The number of carbonyl (C=O) groups excluding carboxylic acids is 2. The molecule has 8 rings (SSSR count). The minimum Gasteiger partial charge on any atom is -0.444 e. The van der Waals surface area contributed by atoms with E-state index in [0.29, 0.717) is 49.2 Å². The van der Waals surface area contributed by atoms with Crippen LogP contribution in [0.4, 0.5) is 35.3 Å². The predicted octanol–water partition coefficient (Wildman–Crippen LogP) is 6.09. The van der Waals surface area contributed by atoms with E-state index in [9.17, 15) is 31.2 Å². The number of ether oxygens (including phenoxy) is 1. The average Bonchev–Trinajstić information content (AvgIpc) is 3.84. The summed E-state index contributed by atoms with van der Waals surface area (Å²) in [6.07, 6.45) is -0.597. The summed E-state index contributed by atoms with van der Waals surface area (Å²) in [7, 11) is -3.93. The fraction of sp³-hybridized carbons (Fsp3) is 0.515. The van der Waals surface area contributed by atoms with Crippen LogP contribution in [0, 0.1) is 0 Å². The Bertz CT molecular complexity index is 2000. The Hall–Kier alpha value is -3.92. The molecule has 3 aromatic rings. The number of piperazine rings is 1. The van der Waals surface area contributed by atoms with E-state index < -0.39 is 44.3 Å². The van der Waals surface area contributed by atoms with Crippen molar-refractivity contribution in [3.63, 3.8) is 0 Å². The number of nitrogens with one attached hydrogen (secondary N) is 2. The predicted molar refractivity (Wildman–Crippen MR) is 176 cm³/mol. The quantitative estimate of drug-likeness (QED) is 0.322. The highest BCUT2D eigenvalue weighted by atomic mass is 32.2. The number of halogens is 3. The summed E-state index contributed by atoms with van der Waals surface area (Å²) in [6.45, 7) is 6.79. The second-order valence-corrected chi connectivity index (χ2v) is 17.8. The number of fused-ring (bicyclic) bond motifs is 3. The average molecular weight is 717 g/mol. The topological polar surface area (TPSA) is 134 Å². The first kappa shape index (κ1) is 32.3. The molecule has 11 nitrogen and oxygen atoms in total. The Balaban J connectivity index is 1.07. The molecule has 2 aliphatic carbocycles. The van der Waals surface area contributed by atoms with Gasteiger partial charge in [-0.05, 0) is 88.6 Å². The number of alkyl halides is 3. The van der Waals surface area contributed by atoms with Crippen molar-refractivity contribution in [1.82, 2.24) is 20.2 Å².